The lowest BCUT2D eigenvalue weighted by Crippen LogP contribution is -2.22. The Morgan fingerprint density at radius 2 is 0.656 bits per heavy atom. The lowest BCUT2D eigenvalue weighted by atomic mass is 9.72. The Balaban J connectivity index is 0.000000215. The topological polar surface area (TPSA) is 0 Å². The zero-order valence-corrected chi connectivity index (χ0v) is 23.2. The quantitative estimate of drug-likeness (QED) is 0.375. The van der Waals surface area contributed by atoms with Gasteiger partial charge in [0, 0.05) is 0 Å². The summed E-state index contributed by atoms with van der Waals surface area (Å²) in [5.41, 5.74) is 0. The molecule has 3 atom stereocenters. The molecule has 4 fully saturated rings. The molecule has 0 aromatic rings. The smallest absolute Gasteiger partial charge is 0.0383 e. The highest BCUT2D eigenvalue weighted by molar-refractivity contribution is 4.77. The fourth-order valence-corrected chi connectivity index (χ4v) is 6.44. The van der Waals surface area contributed by atoms with E-state index in [0.29, 0.717) is 0 Å². The van der Waals surface area contributed by atoms with Crippen LogP contribution in [0.15, 0.2) is 0 Å². The third-order valence-corrected chi connectivity index (χ3v) is 9.36. The average Bonchev–Trinajstić information content (AvgIpc) is 3.50. The number of hydrogen-bond acceptors (Lipinski definition) is 0. The molecule has 0 aliphatic heterocycles. The Labute approximate surface area is 204 Å². The zero-order chi connectivity index (χ0) is 23.2. The monoisotopic (exact) mass is 446 g/mol. The molecule has 4 aliphatic carbocycles. The molecule has 3 unspecified atom stereocenters. The summed E-state index contributed by atoms with van der Waals surface area (Å²) < 4.78 is 0. The van der Waals surface area contributed by atoms with E-state index in [9.17, 15) is 0 Å². The first kappa shape index (κ1) is 28.2. The first-order valence-corrected chi connectivity index (χ1v) is 15.4. The van der Waals surface area contributed by atoms with Crippen molar-refractivity contribution in [3.05, 3.63) is 0 Å². The predicted molar refractivity (Wildman–Crippen MR) is 145 cm³/mol. The average molecular weight is 447 g/mol. The molecule has 0 amide bonds. The van der Waals surface area contributed by atoms with Crippen molar-refractivity contribution in [2.75, 3.05) is 0 Å². The molecular weight excluding hydrogens is 384 g/mol. The third-order valence-electron chi connectivity index (χ3n) is 9.36. The molecule has 0 heterocycles. The van der Waals surface area contributed by atoms with Crippen LogP contribution in [0, 0.1) is 41.4 Å². The second-order valence-electron chi connectivity index (χ2n) is 13.2. The van der Waals surface area contributed by atoms with Crippen molar-refractivity contribution >= 4 is 0 Å². The van der Waals surface area contributed by atoms with Crippen LogP contribution in [0.25, 0.3) is 0 Å². The molecule has 0 bridgehead atoms. The largest absolute Gasteiger partial charge is 0.0625 e. The van der Waals surface area contributed by atoms with E-state index in [1.54, 1.807) is 12.8 Å². The molecule has 0 nitrogen and oxygen atoms in total. The van der Waals surface area contributed by atoms with Crippen LogP contribution in [0.1, 0.15) is 163 Å². The lowest BCUT2D eigenvalue weighted by Gasteiger charge is -2.33. The normalized spacial score (nSPS) is 35.7. The van der Waals surface area contributed by atoms with Gasteiger partial charge in [-0.3, -0.25) is 0 Å². The van der Waals surface area contributed by atoms with E-state index in [2.05, 4.69) is 34.6 Å². The summed E-state index contributed by atoms with van der Waals surface area (Å²) in [7, 11) is 0. The summed E-state index contributed by atoms with van der Waals surface area (Å²) in [6.07, 6.45) is 30.0. The summed E-state index contributed by atoms with van der Waals surface area (Å²) in [6, 6.07) is 0. The van der Waals surface area contributed by atoms with Gasteiger partial charge in [0.1, 0.15) is 0 Å². The van der Waals surface area contributed by atoms with Crippen LogP contribution in [0.4, 0.5) is 0 Å². The highest BCUT2D eigenvalue weighted by Gasteiger charge is 2.26. The summed E-state index contributed by atoms with van der Waals surface area (Å²) >= 11 is 0. The van der Waals surface area contributed by atoms with Gasteiger partial charge < -0.3 is 0 Å². The van der Waals surface area contributed by atoms with Crippen molar-refractivity contribution in [2.24, 2.45) is 41.4 Å². The van der Waals surface area contributed by atoms with Crippen molar-refractivity contribution in [2.45, 2.75) is 163 Å². The first-order valence-electron chi connectivity index (χ1n) is 15.4. The molecule has 4 aliphatic rings. The van der Waals surface area contributed by atoms with Gasteiger partial charge in [-0.15, -0.1) is 0 Å². The van der Waals surface area contributed by atoms with Gasteiger partial charge in [-0.05, 0) is 54.3 Å². The minimum Gasteiger partial charge on any atom is -0.0625 e. The Bertz CT molecular complexity index is 407. The van der Waals surface area contributed by atoms with Crippen molar-refractivity contribution in [1.82, 2.24) is 0 Å². The van der Waals surface area contributed by atoms with Crippen molar-refractivity contribution in [1.29, 1.82) is 0 Å². The predicted octanol–water partition coefficient (Wildman–Crippen LogP) is 11.2. The molecule has 0 aromatic carbocycles. The van der Waals surface area contributed by atoms with E-state index in [1.807, 2.05) is 0 Å². The molecule has 0 saturated heterocycles. The summed E-state index contributed by atoms with van der Waals surface area (Å²) in [5.74, 6) is 7.23. The van der Waals surface area contributed by atoms with Gasteiger partial charge in [-0.25, -0.2) is 0 Å². The number of hydrogen-bond donors (Lipinski definition) is 0. The van der Waals surface area contributed by atoms with Gasteiger partial charge in [0.25, 0.3) is 0 Å². The maximum Gasteiger partial charge on any atom is -0.0383 e. The molecule has 0 spiro atoms. The van der Waals surface area contributed by atoms with E-state index in [4.69, 9.17) is 0 Å². The molecule has 0 radical (unpaired) electrons. The van der Waals surface area contributed by atoms with Crippen LogP contribution in [0.3, 0.4) is 0 Å². The van der Waals surface area contributed by atoms with Crippen molar-refractivity contribution in [3.63, 3.8) is 0 Å². The fourth-order valence-electron chi connectivity index (χ4n) is 6.44. The lowest BCUT2D eigenvalue weighted by molar-refractivity contribution is 0.180. The Hall–Kier alpha value is 0. The Morgan fingerprint density at radius 1 is 0.281 bits per heavy atom. The van der Waals surface area contributed by atoms with Gasteiger partial charge in [0.15, 0.2) is 0 Å². The van der Waals surface area contributed by atoms with E-state index in [1.165, 1.54) is 116 Å². The minimum atomic E-state index is 0.989. The standard InChI is InChI=1S/C18H34.C10H20.C4H8/c1-15-10-11-16(2)14-18(13-12-15)17-8-6-4-3-5-7-9-17;1-9-5-3-7-10(2)8-4-6-9;1-4-2-3-4/h15-18H,3-14H2,1-2H3;9-10H,3-8H2,1-2H3;4H,2-3H2,1H3. The van der Waals surface area contributed by atoms with Gasteiger partial charge in [0.05, 0.1) is 0 Å². The van der Waals surface area contributed by atoms with Gasteiger partial charge in [-0.1, -0.05) is 150 Å². The SMILES string of the molecule is CC1CC1.CC1CCC(C)CC(C2CCCCCCC2)CC1.CC1CCCC(C)CCC1. The maximum absolute atomic E-state index is 2.51. The molecule has 32 heavy (non-hydrogen) atoms. The van der Waals surface area contributed by atoms with Crippen LogP contribution in [0.2, 0.25) is 0 Å². The Kier molecular flexibility index (Phi) is 14.6. The maximum atomic E-state index is 2.51. The second kappa shape index (κ2) is 16.6. The summed E-state index contributed by atoms with van der Waals surface area (Å²) in [4.78, 5) is 0. The zero-order valence-electron chi connectivity index (χ0n) is 23.2. The van der Waals surface area contributed by atoms with Gasteiger partial charge in [0.2, 0.25) is 0 Å². The van der Waals surface area contributed by atoms with Crippen molar-refractivity contribution < 1.29 is 0 Å². The van der Waals surface area contributed by atoms with E-state index in [0.717, 1.165) is 41.4 Å². The van der Waals surface area contributed by atoms with Crippen molar-refractivity contribution in [3.8, 4) is 0 Å². The third kappa shape index (κ3) is 13.6. The molecular formula is C32H62. The van der Waals surface area contributed by atoms with Crippen LogP contribution < -0.4 is 0 Å². The molecule has 0 heteroatoms. The molecule has 0 N–H and O–H groups in total. The minimum absolute atomic E-state index is 0.989. The molecule has 0 aromatic heterocycles. The summed E-state index contributed by atoms with van der Waals surface area (Å²) in [6.45, 7) is 12.1. The van der Waals surface area contributed by atoms with E-state index < -0.39 is 0 Å². The van der Waals surface area contributed by atoms with Crippen LogP contribution >= 0.6 is 0 Å². The number of rotatable bonds is 1. The van der Waals surface area contributed by atoms with Gasteiger partial charge >= 0.3 is 0 Å². The molecule has 190 valence electrons. The highest BCUT2D eigenvalue weighted by Crippen LogP contribution is 2.38. The van der Waals surface area contributed by atoms with Crippen LogP contribution in [-0.2, 0) is 0 Å². The van der Waals surface area contributed by atoms with Gasteiger partial charge in [-0.2, -0.15) is 0 Å². The van der Waals surface area contributed by atoms with E-state index >= 15 is 0 Å². The Morgan fingerprint density at radius 3 is 1.16 bits per heavy atom. The van der Waals surface area contributed by atoms with Crippen LogP contribution in [-0.4, -0.2) is 0 Å². The second-order valence-corrected chi connectivity index (χ2v) is 13.2. The van der Waals surface area contributed by atoms with E-state index in [-0.39, 0.29) is 0 Å². The highest BCUT2D eigenvalue weighted by atomic mass is 14.3. The van der Waals surface area contributed by atoms with Crippen LogP contribution in [0.5, 0.6) is 0 Å². The molecule has 4 saturated carbocycles. The fraction of sp³-hybridized carbons (Fsp3) is 1.00. The first-order chi connectivity index (χ1) is 15.4. The summed E-state index contributed by atoms with van der Waals surface area (Å²) in [5, 5.41) is 0. The molecule has 4 rings (SSSR count).